The summed E-state index contributed by atoms with van der Waals surface area (Å²) in [4.78, 5) is 0. The summed E-state index contributed by atoms with van der Waals surface area (Å²) in [5.41, 5.74) is -3.29. The molecule has 0 radical (unpaired) electrons. The third-order valence-corrected chi connectivity index (χ3v) is 1.53. The Morgan fingerprint density at radius 2 is 1.73 bits per heavy atom. The second kappa shape index (κ2) is 2.94. The molecule has 0 amide bonds. The van der Waals surface area contributed by atoms with Crippen molar-refractivity contribution in [3.05, 3.63) is 0 Å². The van der Waals surface area contributed by atoms with Gasteiger partial charge in [-0.1, -0.05) is 0 Å². The zero-order valence-corrected chi connectivity index (χ0v) is 5.78. The molecule has 0 aromatic heterocycles. The Morgan fingerprint density at radius 3 is 1.82 bits per heavy atom. The lowest BCUT2D eigenvalue weighted by molar-refractivity contribution is -0.140. The molecule has 1 atom stereocenters. The van der Waals surface area contributed by atoms with Gasteiger partial charge in [0, 0.05) is 0 Å². The first-order valence-corrected chi connectivity index (χ1v) is 3.80. The van der Waals surface area contributed by atoms with Crippen LogP contribution in [0, 0.1) is 0 Å². The van der Waals surface area contributed by atoms with Crippen LogP contribution in [0.2, 0.25) is 0 Å². The van der Waals surface area contributed by atoms with Gasteiger partial charge in [0.25, 0.3) is 10.1 Å². The Morgan fingerprint density at radius 1 is 1.36 bits per heavy atom. The van der Waals surface area contributed by atoms with E-state index in [1.807, 2.05) is 0 Å². The molecule has 0 saturated carbocycles. The summed E-state index contributed by atoms with van der Waals surface area (Å²) < 4.78 is 72.6. The van der Waals surface area contributed by atoms with E-state index in [9.17, 15) is 26.0 Å². The second-order valence-electron chi connectivity index (χ2n) is 1.74. The van der Waals surface area contributed by atoms with E-state index in [0.29, 0.717) is 0 Å². The highest BCUT2D eigenvalue weighted by Crippen LogP contribution is 2.24. The van der Waals surface area contributed by atoms with Gasteiger partial charge in [0.1, 0.15) is 0 Å². The maximum Gasteiger partial charge on any atom is 0.393 e. The monoisotopic (exact) mass is 196 g/mol. The van der Waals surface area contributed by atoms with Gasteiger partial charge < -0.3 is 0 Å². The highest BCUT2D eigenvalue weighted by molar-refractivity contribution is 7.86. The largest absolute Gasteiger partial charge is 0.393 e. The van der Waals surface area contributed by atoms with E-state index in [1.54, 1.807) is 0 Å². The SMILES string of the molecule is O=S(=O)(O)C(F)CC(F)(F)F. The third-order valence-electron chi connectivity index (χ3n) is 0.715. The maximum absolute atomic E-state index is 11.8. The fourth-order valence-electron chi connectivity index (χ4n) is 0.287. The number of halogens is 4. The lowest BCUT2D eigenvalue weighted by Crippen LogP contribution is -2.23. The van der Waals surface area contributed by atoms with Crippen molar-refractivity contribution in [2.24, 2.45) is 0 Å². The summed E-state index contributed by atoms with van der Waals surface area (Å²) >= 11 is 0. The molecule has 0 fully saturated rings. The molecule has 0 aromatic rings. The molecule has 0 aliphatic heterocycles. The Balaban J connectivity index is 4.22. The van der Waals surface area contributed by atoms with E-state index in [4.69, 9.17) is 4.55 Å². The number of hydrogen-bond acceptors (Lipinski definition) is 2. The summed E-state index contributed by atoms with van der Waals surface area (Å²) in [5.74, 6) is 0. The van der Waals surface area contributed by atoms with E-state index >= 15 is 0 Å². The van der Waals surface area contributed by atoms with Crippen LogP contribution in [-0.4, -0.2) is 24.7 Å². The van der Waals surface area contributed by atoms with Crippen molar-refractivity contribution in [1.82, 2.24) is 0 Å². The number of hydrogen-bond donors (Lipinski definition) is 1. The molecule has 0 aliphatic carbocycles. The molecule has 1 N–H and O–H groups in total. The minimum Gasteiger partial charge on any atom is -0.283 e. The number of alkyl halides is 4. The smallest absolute Gasteiger partial charge is 0.283 e. The molecule has 0 heterocycles. The third kappa shape index (κ3) is 4.96. The van der Waals surface area contributed by atoms with E-state index in [2.05, 4.69) is 0 Å². The summed E-state index contributed by atoms with van der Waals surface area (Å²) in [6, 6.07) is 0. The quantitative estimate of drug-likeness (QED) is 0.531. The first-order chi connectivity index (χ1) is 4.63. The predicted octanol–water partition coefficient (Wildman–Crippen LogP) is 1.12. The Kier molecular flexibility index (Phi) is 2.84. The van der Waals surface area contributed by atoms with Gasteiger partial charge in [-0.3, -0.25) is 4.55 Å². The topological polar surface area (TPSA) is 54.4 Å². The van der Waals surface area contributed by atoms with Crippen molar-refractivity contribution >= 4 is 10.1 Å². The fourth-order valence-corrected chi connectivity index (χ4v) is 0.687. The first-order valence-electron chi connectivity index (χ1n) is 2.30. The molecular formula is C3H4F4O3S. The highest BCUT2D eigenvalue weighted by Gasteiger charge is 2.37. The van der Waals surface area contributed by atoms with E-state index in [0.717, 1.165) is 0 Å². The van der Waals surface area contributed by atoms with Gasteiger partial charge >= 0.3 is 6.18 Å². The lowest BCUT2D eigenvalue weighted by Gasteiger charge is -2.07. The molecule has 0 rings (SSSR count). The summed E-state index contributed by atoms with van der Waals surface area (Å²) in [7, 11) is -5.22. The fraction of sp³-hybridized carbons (Fsp3) is 1.00. The van der Waals surface area contributed by atoms with Crippen molar-refractivity contribution in [1.29, 1.82) is 0 Å². The van der Waals surface area contributed by atoms with Crippen LogP contribution in [0.4, 0.5) is 17.6 Å². The average Bonchev–Trinajstić information content (AvgIpc) is 1.56. The summed E-state index contributed by atoms with van der Waals surface area (Å²) in [6.07, 6.45) is -7.12. The van der Waals surface area contributed by atoms with Crippen LogP contribution < -0.4 is 0 Å². The second-order valence-corrected chi connectivity index (χ2v) is 3.29. The van der Waals surface area contributed by atoms with Gasteiger partial charge in [-0.2, -0.15) is 21.6 Å². The Labute approximate surface area is 59.8 Å². The molecule has 1 unspecified atom stereocenters. The van der Waals surface area contributed by atoms with Crippen LogP contribution in [0.3, 0.4) is 0 Å². The summed E-state index contributed by atoms with van der Waals surface area (Å²) in [6.45, 7) is 0. The van der Waals surface area contributed by atoms with E-state index in [1.165, 1.54) is 0 Å². The van der Waals surface area contributed by atoms with Crippen molar-refractivity contribution in [2.45, 2.75) is 18.1 Å². The minimum absolute atomic E-state index is 2.19. The molecule has 8 heteroatoms. The molecule has 0 aliphatic rings. The lowest BCUT2D eigenvalue weighted by atomic mass is 10.5. The first kappa shape index (κ1) is 10.6. The van der Waals surface area contributed by atoms with Gasteiger partial charge in [-0.15, -0.1) is 0 Å². The maximum atomic E-state index is 11.8. The van der Waals surface area contributed by atoms with E-state index in [-0.39, 0.29) is 0 Å². The summed E-state index contributed by atoms with van der Waals surface area (Å²) in [5, 5.41) is 0. The zero-order valence-electron chi connectivity index (χ0n) is 4.97. The zero-order chi connectivity index (χ0) is 9.28. The van der Waals surface area contributed by atoms with Crippen LogP contribution >= 0.6 is 0 Å². The number of rotatable bonds is 2. The molecular weight excluding hydrogens is 192 g/mol. The Hall–Kier alpha value is -0.370. The van der Waals surface area contributed by atoms with Gasteiger partial charge in [-0.25, -0.2) is 4.39 Å². The van der Waals surface area contributed by atoms with Crippen LogP contribution in [-0.2, 0) is 10.1 Å². The highest BCUT2D eigenvalue weighted by atomic mass is 32.2. The molecule has 0 saturated heterocycles. The normalized spacial score (nSPS) is 16.5. The van der Waals surface area contributed by atoms with Gasteiger partial charge in [0.2, 0.25) is 5.50 Å². The van der Waals surface area contributed by atoms with Crippen molar-refractivity contribution in [3.8, 4) is 0 Å². The molecule has 0 aromatic carbocycles. The predicted molar refractivity (Wildman–Crippen MR) is 27.1 cm³/mol. The van der Waals surface area contributed by atoms with Crippen LogP contribution in [0.15, 0.2) is 0 Å². The molecule has 0 spiro atoms. The molecule has 68 valence electrons. The van der Waals surface area contributed by atoms with Gasteiger partial charge in [0.05, 0.1) is 6.42 Å². The molecule has 11 heavy (non-hydrogen) atoms. The standard InChI is InChI=1S/C3H4F4O3S/c4-2(11(8,9)10)1-3(5,6)7/h2H,1H2,(H,8,9,10). The van der Waals surface area contributed by atoms with Crippen molar-refractivity contribution in [2.75, 3.05) is 0 Å². The van der Waals surface area contributed by atoms with Gasteiger partial charge in [0.15, 0.2) is 0 Å². The Bertz CT molecular complexity index is 217. The van der Waals surface area contributed by atoms with Crippen LogP contribution in [0.1, 0.15) is 6.42 Å². The molecule has 3 nitrogen and oxygen atoms in total. The van der Waals surface area contributed by atoms with Crippen LogP contribution in [0.25, 0.3) is 0 Å². The average molecular weight is 196 g/mol. The van der Waals surface area contributed by atoms with Gasteiger partial charge in [-0.05, 0) is 0 Å². The van der Waals surface area contributed by atoms with Crippen LogP contribution in [0.5, 0.6) is 0 Å². The van der Waals surface area contributed by atoms with E-state index < -0.39 is 28.2 Å². The van der Waals surface area contributed by atoms with Crippen molar-refractivity contribution in [3.63, 3.8) is 0 Å². The molecule has 0 bridgehead atoms. The van der Waals surface area contributed by atoms with Crippen molar-refractivity contribution < 1.29 is 30.5 Å². The minimum atomic E-state index is -5.22.